The zero-order chi connectivity index (χ0) is 27.0. The van der Waals surface area contributed by atoms with Crippen LogP contribution in [-0.2, 0) is 0 Å². The molecule has 0 aliphatic rings. The molecule has 0 fully saturated rings. The topological polar surface area (TPSA) is 25.8 Å². The van der Waals surface area contributed by atoms with Gasteiger partial charge in [0.05, 0.1) is 11.4 Å². The first-order chi connectivity index (χ1) is 19.8. The van der Waals surface area contributed by atoms with Crippen molar-refractivity contribution in [2.24, 2.45) is 0 Å². The molecular formula is C38H28N2. The maximum Gasteiger partial charge on any atom is 0.0892 e. The van der Waals surface area contributed by atoms with Gasteiger partial charge in [-0.2, -0.15) is 0 Å². The normalized spacial score (nSPS) is 11.3. The van der Waals surface area contributed by atoms with Gasteiger partial charge in [-0.05, 0) is 68.8 Å². The van der Waals surface area contributed by atoms with Crippen molar-refractivity contribution in [1.29, 1.82) is 0 Å². The lowest BCUT2D eigenvalue weighted by Gasteiger charge is -2.04. The van der Waals surface area contributed by atoms with Crippen LogP contribution in [0, 0.1) is 0 Å². The molecule has 0 amide bonds. The smallest absolute Gasteiger partial charge is 0.0892 e. The third-order valence-electron chi connectivity index (χ3n) is 6.80. The Morgan fingerprint density at radius 2 is 0.675 bits per heavy atom. The number of pyridine rings is 2. The van der Waals surface area contributed by atoms with Crippen LogP contribution < -0.4 is 0 Å². The first-order valence-corrected chi connectivity index (χ1v) is 13.4. The average molecular weight is 513 g/mol. The molecule has 0 N–H and O–H groups in total. The van der Waals surface area contributed by atoms with Crippen LogP contribution >= 0.6 is 0 Å². The van der Waals surface area contributed by atoms with Crippen LogP contribution in [0.5, 0.6) is 0 Å². The Morgan fingerprint density at radius 3 is 1.07 bits per heavy atom. The van der Waals surface area contributed by atoms with Gasteiger partial charge in [0, 0.05) is 12.4 Å². The molecule has 40 heavy (non-hydrogen) atoms. The van der Waals surface area contributed by atoms with Gasteiger partial charge in [0.15, 0.2) is 0 Å². The zero-order valence-corrected chi connectivity index (χ0v) is 22.1. The Bertz CT molecular complexity index is 1610. The summed E-state index contributed by atoms with van der Waals surface area (Å²) in [7, 11) is 0. The zero-order valence-electron chi connectivity index (χ0n) is 22.1. The number of rotatable bonds is 7. The van der Waals surface area contributed by atoms with Crippen LogP contribution in [0.1, 0.15) is 22.3 Å². The van der Waals surface area contributed by atoms with Gasteiger partial charge in [-0.3, -0.25) is 9.97 Å². The monoisotopic (exact) mass is 512 g/mol. The van der Waals surface area contributed by atoms with E-state index in [-0.39, 0.29) is 0 Å². The highest BCUT2D eigenvalue weighted by atomic mass is 14.8. The minimum atomic E-state index is 0.851. The highest BCUT2D eigenvalue weighted by Crippen LogP contribution is 2.23. The van der Waals surface area contributed by atoms with Crippen molar-refractivity contribution in [3.05, 3.63) is 168 Å². The third kappa shape index (κ3) is 6.20. The number of hydrogen-bond acceptors (Lipinski definition) is 2. The van der Waals surface area contributed by atoms with Gasteiger partial charge in [0.2, 0.25) is 0 Å². The van der Waals surface area contributed by atoms with Crippen LogP contribution in [0.3, 0.4) is 0 Å². The quantitative estimate of drug-likeness (QED) is 0.213. The van der Waals surface area contributed by atoms with Gasteiger partial charge < -0.3 is 0 Å². The van der Waals surface area contributed by atoms with E-state index in [1.54, 1.807) is 0 Å². The molecule has 0 saturated heterocycles. The summed E-state index contributed by atoms with van der Waals surface area (Å²) in [6.45, 7) is 0. The van der Waals surface area contributed by atoms with Crippen LogP contribution in [0.4, 0.5) is 0 Å². The van der Waals surface area contributed by atoms with E-state index in [0.29, 0.717) is 0 Å². The van der Waals surface area contributed by atoms with E-state index in [0.717, 1.165) is 33.6 Å². The van der Waals surface area contributed by atoms with E-state index in [1.165, 1.54) is 22.3 Å². The Hall–Kier alpha value is -5.34. The molecule has 0 atom stereocenters. The fourth-order valence-corrected chi connectivity index (χ4v) is 4.60. The molecule has 2 heterocycles. The molecule has 0 spiro atoms. The molecule has 2 aromatic heterocycles. The fraction of sp³-hybridized carbons (Fsp3) is 0. The molecule has 0 unspecified atom stereocenters. The summed E-state index contributed by atoms with van der Waals surface area (Å²) in [5.74, 6) is 0. The van der Waals surface area contributed by atoms with Crippen LogP contribution in [0.2, 0.25) is 0 Å². The summed E-state index contributed by atoms with van der Waals surface area (Å²) in [6.07, 6.45) is 12.2. The lowest BCUT2D eigenvalue weighted by Crippen LogP contribution is -1.88. The Morgan fingerprint density at radius 1 is 0.325 bits per heavy atom. The summed E-state index contributed by atoms with van der Waals surface area (Å²) < 4.78 is 0. The second-order valence-electron chi connectivity index (χ2n) is 9.59. The SMILES string of the molecule is C(=C\c1ccnc(-c2cc(/C=C/c3ccc(-c4ccccc4)cc3)ccn2)c1)/c1ccc(-c2ccccc2)cc1. The van der Waals surface area contributed by atoms with Crippen molar-refractivity contribution in [2.75, 3.05) is 0 Å². The second kappa shape index (κ2) is 12.0. The molecule has 0 aliphatic heterocycles. The number of nitrogens with zero attached hydrogens (tertiary/aromatic N) is 2. The standard InChI is InChI=1S/C38H28N2/c1-3-7-33(8-4-1)35-19-15-29(16-20-35)11-13-31-23-25-39-37(27-31)38-28-32(24-26-40-38)14-12-30-17-21-36(22-18-30)34-9-5-2-6-10-34/h1-28H/b13-11+,14-12+. The molecule has 0 aliphatic carbocycles. The largest absolute Gasteiger partial charge is 0.255 e. The van der Waals surface area contributed by atoms with Crippen LogP contribution in [0.25, 0.3) is 57.9 Å². The van der Waals surface area contributed by atoms with Gasteiger partial charge >= 0.3 is 0 Å². The molecule has 6 aromatic rings. The fourth-order valence-electron chi connectivity index (χ4n) is 4.60. The van der Waals surface area contributed by atoms with E-state index in [2.05, 4.69) is 143 Å². The summed E-state index contributed by atoms with van der Waals surface area (Å²) in [5.41, 5.74) is 11.1. The molecule has 2 nitrogen and oxygen atoms in total. The maximum atomic E-state index is 4.59. The van der Waals surface area contributed by atoms with E-state index < -0.39 is 0 Å². The minimum Gasteiger partial charge on any atom is -0.255 e. The van der Waals surface area contributed by atoms with Crippen LogP contribution in [0.15, 0.2) is 146 Å². The summed E-state index contributed by atoms with van der Waals surface area (Å²) >= 11 is 0. The maximum absolute atomic E-state index is 4.59. The lowest BCUT2D eigenvalue weighted by atomic mass is 10.0. The molecule has 2 heteroatoms. The van der Waals surface area contributed by atoms with E-state index in [9.17, 15) is 0 Å². The van der Waals surface area contributed by atoms with Crippen molar-refractivity contribution < 1.29 is 0 Å². The van der Waals surface area contributed by atoms with Gasteiger partial charge in [-0.25, -0.2) is 0 Å². The van der Waals surface area contributed by atoms with Crippen molar-refractivity contribution >= 4 is 24.3 Å². The average Bonchev–Trinajstić information content (AvgIpc) is 3.04. The first kappa shape index (κ1) is 25.0. The second-order valence-corrected chi connectivity index (χ2v) is 9.59. The predicted molar refractivity (Wildman–Crippen MR) is 169 cm³/mol. The minimum absolute atomic E-state index is 0.851. The van der Waals surface area contributed by atoms with Gasteiger partial charge in [-0.1, -0.05) is 133 Å². The van der Waals surface area contributed by atoms with Crippen molar-refractivity contribution in [3.8, 4) is 33.6 Å². The van der Waals surface area contributed by atoms with E-state index in [1.807, 2.05) is 36.7 Å². The van der Waals surface area contributed by atoms with Crippen molar-refractivity contribution in [2.45, 2.75) is 0 Å². The molecule has 0 saturated carbocycles. The van der Waals surface area contributed by atoms with Crippen molar-refractivity contribution in [1.82, 2.24) is 9.97 Å². The van der Waals surface area contributed by atoms with E-state index in [4.69, 9.17) is 0 Å². The third-order valence-corrected chi connectivity index (χ3v) is 6.80. The highest BCUT2D eigenvalue weighted by Gasteiger charge is 2.03. The van der Waals surface area contributed by atoms with Gasteiger partial charge in [0.25, 0.3) is 0 Å². The number of benzene rings is 4. The van der Waals surface area contributed by atoms with Crippen LogP contribution in [-0.4, -0.2) is 9.97 Å². The Labute approximate surface area is 235 Å². The number of hydrogen-bond donors (Lipinski definition) is 0. The molecule has 0 radical (unpaired) electrons. The molecular weight excluding hydrogens is 484 g/mol. The molecule has 6 rings (SSSR count). The molecule has 190 valence electrons. The summed E-state index contributed by atoms with van der Waals surface area (Å²) in [6, 6.07) is 46.3. The Balaban J connectivity index is 1.15. The van der Waals surface area contributed by atoms with Gasteiger partial charge in [0.1, 0.15) is 0 Å². The summed E-state index contributed by atoms with van der Waals surface area (Å²) in [5, 5.41) is 0. The summed E-state index contributed by atoms with van der Waals surface area (Å²) in [4.78, 5) is 9.17. The van der Waals surface area contributed by atoms with Gasteiger partial charge in [-0.15, -0.1) is 0 Å². The van der Waals surface area contributed by atoms with Crippen molar-refractivity contribution in [3.63, 3.8) is 0 Å². The first-order valence-electron chi connectivity index (χ1n) is 13.4. The molecule has 4 aromatic carbocycles. The molecule has 0 bridgehead atoms. The predicted octanol–water partition coefficient (Wildman–Crippen LogP) is 9.82. The number of aromatic nitrogens is 2. The highest BCUT2D eigenvalue weighted by molar-refractivity contribution is 5.75. The van der Waals surface area contributed by atoms with E-state index >= 15 is 0 Å². The Kier molecular flexibility index (Phi) is 7.50. The lowest BCUT2D eigenvalue weighted by molar-refractivity contribution is 1.24.